The van der Waals surface area contributed by atoms with Crippen LogP contribution in [0.2, 0.25) is 0 Å². The lowest BCUT2D eigenvalue weighted by molar-refractivity contribution is 0.0696. The fourth-order valence-corrected chi connectivity index (χ4v) is 4.98. The van der Waals surface area contributed by atoms with Crippen LogP contribution in [-0.2, 0) is 10.0 Å². The van der Waals surface area contributed by atoms with E-state index in [9.17, 15) is 13.2 Å². The van der Waals surface area contributed by atoms with Crippen molar-refractivity contribution in [3.8, 4) is 0 Å². The van der Waals surface area contributed by atoms with Gasteiger partial charge in [-0.05, 0) is 52.9 Å². The van der Waals surface area contributed by atoms with Gasteiger partial charge in [0.05, 0.1) is 10.5 Å². The van der Waals surface area contributed by atoms with E-state index in [1.54, 1.807) is 0 Å². The third-order valence-electron chi connectivity index (χ3n) is 3.42. The molecule has 110 valence electrons. The molecule has 1 aliphatic heterocycles. The van der Waals surface area contributed by atoms with Gasteiger partial charge in [0.1, 0.15) is 0 Å². The average Bonchev–Trinajstić information content (AvgIpc) is 2.38. The van der Waals surface area contributed by atoms with Crippen molar-refractivity contribution in [3.63, 3.8) is 0 Å². The highest BCUT2D eigenvalue weighted by molar-refractivity contribution is 9.10. The van der Waals surface area contributed by atoms with Gasteiger partial charge in [0.2, 0.25) is 10.0 Å². The van der Waals surface area contributed by atoms with Gasteiger partial charge in [-0.1, -0.05) is 6.92 Å². The average molecular weight is 362 g/mol. The van der Waals surface area contributed by atoms with E-state index in [4.69, 9.17) is 5.11 Å². The summed E-state index contributed by atoms with van der Waals surface area (Å²) < 4.78 is 26.9. The summed E-state index contributed by atoms with van der Waals surface area (Å²) in [6.45, 7) is 3.06. The predicted molar refractivity (Wildman–Crippen MR) is 78.3 cm³/mol. The number of nitrogens with zero attached hydrogens (tertiary/aromatic N) is 1. The first kappa shape index (κ1) is 15.5. The molecule has 5 nitrogen and oxygen atoms in total. The quantitative estimate of drug-likeness (QED) is 0.897. The Kier molecular flexibility index (Phi) is 4.51. The Labute approximate surface area is 126 Å². The molecule has 1 heterocycles. The number of benzene rings is 1. The Balaban J connectivity index is 2.36. The van der Waals surface area contributed by atoms with Gasteiger partial charge in [-0.25, -0.2) is 13.2 Å². The molecule has 1 aromatic rings. The van der Waals surface area contributed by atoms with Crippen molar-refractivity contribution in [1.82, 2.24) is 4.31 Å². The molecule has 1 aromatic carbocycles. The summed E-state index contributed by atoms with van der Waals surface area (Å²) in [6.07, 6.45) is 1.89. The van der Waals surface area contributed by atoms with E-state index in [0.29, 0.717) is 19.0 Å². The predicted octanol–water partition coefficient (Wildman–Crippen LogP) is 2.57. The van der Waals surface area contributed by atoms with Gasteiger partial charge in [-0.3, -0.25) is 0 Å². The fourth-order valence-electron chi connectivity index (χ4n) is 2.35. The van der Waals surface area contributed by atoms with Gasteiger partial charge in [-0.15, -0.1) is 0 Å². The molecular weight excluding hydrogens is 346 g/mol. The van der Waals surface area contributed by atoms with Crippen molar-refractivity contribution >= 4 is 31.9 Å². The number of carbonyl (C=O) groups is 1. The summed E-state index contributed by atoms with van der Waals surface area (Å²) >= 11 is 3.16. The minimum absolute atomic E-state index is 0.0582. The molecule has 2 rings (SSSR count). The lowest BCUT2D eigenvalue weighted by atomic mass is 10.0. The molecule has 1 saturated heterocycles. The summed E-state index contributed by atoms with van der Waals surface area (Å²) in [7, 11) is -3.57. The van der Waals surface area contributed by atoms with Gasteiger partial charge in [-0.2, -0.15) is 4.31 Å². The molecule has 0 radical (unpaired) electrons. The maximum absolute atomic E-state index is 12.6. The fraction of sp³-hybridized carbons (Fsp3) is 0.462. The van der Waals surface area contributed by atoms with Crippen LogP contribution in [0.25, 0.3) is 0 Å². The third kappa shape index (κ3) is 3.05. The van der Waals surface area contributed by atoms with Gasteiger partial charge in [0, 0.05) is 17.6 Å². The van der Waals surface area contributed by atoms with E-state index >= 15 is 0 Å². The first-order valence-corrected chi connectivity index (χ1v) is 8.58. The standard InChI is InChI=1S/C13H16BrNO4S/c1-9-3-2-6-15(8-9)20(18,19)12-5-4-10(13(16)17)7-11(12)14/h4-5,7,9H,2-3,6,8H2,1H3,(H,16,17). The highest BCUT2D eigenvalue weighted by atomic mass is 79.9. The van der Waals surface area contributed by atoms with Crippen molar-refractivity contribution in [2.45, 2.75) is 24.7 Å². The molecule has 0 aromatic heterocycles. The van der Waals surface area contributed by atoms with E-state index in [0.717, 1.165) is 12.8 Å². The first-order chi connectivity index (χ1) is 9.32. The van der Waals surface area contributed by atoms with Crippen LogP contribution >= 0.6 is 15.9 Å². The Hall–Kier alpha value is -0.920. The number of rotatable bonds is 3. The number of piperidine rings is 1. The summed E-state index contributed by atoms with van der Waals surface area (Å²) in [5.74, 6) is -0.739. The van der Waals surface area contributed by atoms with Crippen molar-refractivity contribution in [1.29, 1.82) is 0 Å². The lowest BCUT2D eigenvalue weighted by Gasteiger charge is -2.30. The van der Waals surface area contributed by atoms with Crippen LogP contribution in [0.5, 0.6) is 0 Å². The van der Waals surface area contributed by atoms with Gasteiger partial charge in [0.25, 0.3) is 0 Å². The second kappa shape index (κ2) is 5.83. The zero-order chi connectivity index (χ0) is 14.9. The minimum Gasteiger partial charge on any atom is -0.478 e. The van der Waals surface area contributed by atoms with Gasteiger partial charge >= 0.3 is 5.97 Å². The number of hydrogen-bond donors (Lipinski definition) is 1. The van der Waals surface area contributed by atoms with Gasteiger partial charge in [0.15, 0.2) is 0 Å². The molecule has 20 heavy (non-hydrogen) atoms. The Morgan fingerprint density at radius 2 is 2.15 bits per heavy atom. The molecule has 1 N–H and O–H groups in total. The molecule has 7 heteroatoms. The van der Waals surface area contributed by atoms with Crippen LogP contribution in [0.3, 0.4) is 0 Å². The molecule has 1 fully saturated rings. The summed E-state index contributed by atoms with van der Waals surface area (Å²) in [5.41, 5.74) is 0.0582. The summed E-state index contributed by atoms with van der Waals surface area (Å²) in [5, 5.41) is 8.91. The lowest BCUT2D eigenvalue weighted by Crippen LogP contribution is -2.39. The van der Waals surface area contributed by atoms with Crippen LogP contribution in [0, 0.1) is 5.92 Å². The summed E-state index contributed by atoms with van der Waals surface area (Å²) in [6, 6.07) is 3.98. The van der Waals surface area contributed by atoms with Crippen LogP contribution in [-0.4, -0.2) is 36.9 Å². The highest BCUT2D eigenvalue weighted by Crippen LogP contribution is 2.29. The molecule has 1 unspecified atom stereocenters. The van der Waals surface area contributed by atoms with Crippen LogP contribution in [0.4, 0.5) is 0 Å². The molecule has 0 saturated carbocycles. The number of hydrogen-bond acceptors (Lipinski definition) is 3. The minimum atomic E-state index is -3.57. The Bertz CT molecular complexity index is 629. The van der Waals surface area contributed by atoms with Crippen molar-refractivity contribution in [2.75, 3.05) is 13.1 Å². The SMILES string of the molecule is CC1CCCN(S(=O)(=O)c2ccc(C(=O)O)cc2Br)C1. The molecule has 1 aliphatic rings. The highest BCUT2D eigenvalue weighted by Gasteiger charge is 2.30. The van der Waals surface area contributed by atoms with Crippen molar-refractivity contribution in [3.05, 3.63) is 28.2 Å². The summed E-state index contributed by atoms with van der Waals surface area (Å²) in [4.78, 5) is 11.0. The van der Waals surface area contributed by atoms with Gasteiger partial charge < -0.3 is 5.11 Å². The van der Waals surface area contributed by atoms with E-state index in [1.807, 2.05) is 6.92 Å². The Morgan fingerprint density at radius 1 is 1.45 bits per heavy atom. The van der Waals surface area contributed by atoms with E-state index < -0.39 is 16.0 Å². The number of halogens is 1. The smallest absolute Gasteiger partial charge is 0.335 e. The Morgan fingerprint density at radius 3 is 2.70 bits per heavy atom. The van der Waals surface area contributed by atoms with Crippen LogP contribution in [0.1, 0.15) is 30.1 Å². The van der Waals surface area contributed by atoms with Crippen molar-refractivity contribution in [2.24, 2.45) is 5.92 Å². The third-order valence-corrected chi connectivity index (χ3v) is 6.26. The van der Waals surface area contributed by atoms with Crippen LogP contribution in [0.15, 0.2) is 27.6 Å². The molecule has 0 amide bonds. The maximum atomic E-state index is 12.6. The largest absolute Gasteiger partial charge is 0.478 e. The number of carboxylic acids is 1. The molecular formula is C13H16BrNO4S. The van der Waals surface area contributed by atoms with Crippen molar-refractivity contribution < 1.29 is 18.3 Å². The zero-order valence-corrected chi connectivity index (χ0v) is 13.4. The monoisotopic (exact) mass is 361 g/mol. The van der Waals surface area contributed by atoms with Crippen LogP contribution < -0.4 is 0 Å². The second-order valence-corrected chi connectivity index (χ2v) is 7.82. The number of carboxylic acid groups (broad SMARTS) is 1. The number of sulfonamides is 1. The maximum Gasteiger partial charge on any atom is 0.335 e. The van der Waals surface area contributed by atoms with E-state index in [1.165, 1.54) is 22.5 Å². The van der Waals surface area contributed by atoms with E-state index in [-0.39, 0.29) is 14.9 Å². The second-order valence-electron chi connectivity index (χ2n) is 5.06. The normalized spacial score (nSPS) is 20.8. The van der Waals surface area contributed by atoms with E-state index in [2.05, 4.69) is 15.9 Å². The molecule has 0 aliphatic carbocycles. The topological polar surface area (TPSA) is 74.7 Å². The molecule has 0 bridgehead atoms. The molecule has 1 atom stereocenters. The molecule has 0 spiro atoms. The number of aromatic carboxylic acids is 1. The first-order valence-electron chi connectivity index (χ1n) is 6.35. The zero-order valence-electron chi connectivity index (χ0n) is 11.0.